The van der Waals surface area contributed by atoms with Crippen LogP contribution in [-0.2, 0) is 10.0 Å². The standard InChI is InChI=1S/C23H29FN2O3S/c1-14-8-9-16(3)22(12-14)25-23(27)19-13-18(10-11-20(19)24)30(28,29)26-21-7-5-6-15(2)17(21)4/h8-13,15,17,21,26H,5-7H2,1-4H3,(H,25,27). The second-order valence-electron chi connectivity index (χ2n) is 8.41. The molecule has 1 saturated carbocycles. The van der Waals surface area contributed by atoms with Crippen LogP contribution in [0.4, 0.5) is 10.1 Å². The lowest BCUT2D eigenvalue weighted by Crippen LogP contribution is -2.43. The van der Waals surface area contributed by atoms with Gasteiger partial charge in [-0.05, 0) is 67.5 Å². The molecule has 0 spiro atoms. The molecule has 1 amide bonds. The fourth-order valence-electron chi connectivity index (χ4n) is 3.92. The van der Waals surface area contributed by atoms with E-state index in [4.69, 9.17) is 0 Å². The van der Waals surface area contributed by atoms with Crippen molar-refractivity contribution in [1.29, 1.82) is 0 Å². The Morgan fingerprint density at radius 2 is 1.80 bits per heavy atom. The first kappa shape index (κ1) is 22.4. The van der Waals surface area contributed by atoms with E-state index in [0.717, 1.165) is 42.5 Å². The number of sulfonamides is 1. The van der Waals surface area contributed by atoms with Crippen molar-refractivity contribution in [3.8, 4) is 0 Å². The Hall–Kier alpha value is -2.25. The van der Waals surface area contributed by atoms with Crippen LogP contribution in [0.2, 0.25) is 0 Å². The Morgan fingerprint density at radius 3 is 2.53 bits per heavy atom. The topological polar surface area (TPSA) is 75.3 Å². The van der Waals surface area contributed by atoms with E-state index in [1.165, 1.54) is 6.07 Å². The maximum absolute atomic E-state index is 14.4. The number of anilines is 1. The number of rotatable bonds is 5. The zero-order chi connectivity index (χ0) is 22.1. The lowest BCUT2D eigenvalue weighted by Gasteiger charge is -2.34. The van der Waals surface area contributed by atoms with Crippen molar-refractivity contribution >= 4 is 21.6 Å². The predicted octanol–water partition coefficient (Wildman–Crippen LogP) is 4.80. The van der Waals surface area contributed by atoms with Crippen LogP contribution < -0.4 is 10.0 Å². The highest BCUT2D eigenvalue weighted by Gasteiger charge is 2.31. The highest BCUT2D eigenvalue weighted by atomic mass is 32.2. The van der Waals surface area contributed by atoms with Crippen LogP contribution in [0.25, 0.3) is 0 Å². The largest absolute Gasteiger partial charge is 0.322 e. The molecule has 5 nitrogen and oxygen atoms in total. The van der Waals surface area contributed by atoms with E-state index in [2.05, 4.69) is 17.0 Å². The summed E-state index contributed by atoms with van der Waals surface area (Å²) in [6.07, 6.45) is 2.82. The van der Waals surface area contributed by atoms with Gasteiger partial charge in [0.25, 0.3) is 5.91 Å². The molecule has 7 heteroatoms. The fourth-order valence-corrected chi connectivity index (χ4v) is 5.31. The van der Waals surface area contributed by atoms with Crippen LogP contribution in [0.3, 0.4) is 0 Å². The minimum atomic E-state index is -3.87. The second-order valence-corrected chi connectivity index (χ2v) is 10.1. The summed E-state index contributed by atoms with van der Waals surface area (Å²) in [5.74, 6) is -0.811. The Kier molecular flexibility index (Phi) is 6.62. The van der Waals surface area contributed by atoms with Gasteiger partial charge in [-0.1, -0.05) is 38.8 Å². The number of nitrogens with one attached hydrogen (secondary N) is 2. The minimum absolute atomic E-state index is 0.111. The molecule has 1 fully saturated rings. The van der Waals surface area contributed by atoms with Gasteiger partial charge in [0, 0.05) is 11.7 Å². The van der Waals surface area contributed by atoms with Crippen LogP contribution in [0, 0.1) is 31.5 Å². The van der Waals surface area contributed by atoms with Gasteiger partial charge in [0.1, 0.15) is 5.82 Å². The number of carbonyl (C=O) groups is 1. The van der Waals surface area contributed by atoms with E-state index >= 15 is 0 Å². The summed E-state index contributed by atoms with van der Waals surface area (Å²) in [6.45, 7) is 7.90. The second kappa shape index (κ2) is 8.86. The first-order valence-electron chi connectivity index (χ1n) is 10.3. The maximum Gasteiger partial charge on any atom is 0.258 e. The van der Waals surface area contributed by atoms with E-state index in [0.29, 0.717) is 11.6 Å². The van der Waals surface area contributed by atoms with Gasteiger partial charge in [-0.3, -0.25) is 4.79 Å². The van der Waals surface area contributed by atoms with Crippen molar-refractivity contribution < 1.29 is 17.6 Å². The first-order valence-corrected chi connectivity index (χ1v) is 11.8. The molecule has 0 aliphatic heterocycles. The number of hydrogen-bond acceptors (Lipinski definition) is 3. The molecule has 0 heterocycles. The van der Waals surface area contributed by atoms with Gasteiger partial charge in [-0.25, -0.2) is 17.5 Å². The summed E-state index contributed by atoms with van der Waals surface area (Å²) >= 11 is 0. The molecular formula is C23H29FN2O3S. The third-order valence-electron chi connectivity index (χ3n) is 6.15. The average Bonchev–Trinajstić information content (AvgIpc) is 2.68. The van der Waals surface area contributed by atoms with E-state index in [-0.39, 0.29) is 22.4 Å². The van der Waals surface area contributed by atoms with Crippen molar-refractivity contribution in [3.63, 3.8) is 0 Å². The lowest BCUT2D eigenvalue weighted by atomic mass is 9.78. The van der Waals surface area contributed by atoms with Crippen LogP contribution >= 0.6 is 0 Å². The summed E-state index contributed by atoms with van der Waals surface area (Å²) in [5.41, 5.74) is 2.05. The Morgan fingerprint density at radius 1 is 1.07 bits per heavy atom. The van der Waals surface area contributed by atoms with Gasteiger partial charge in [0.15, 0.2) is 0 Å². The number of amides is 1. The Labute approximate surface area is 178 Å². The molecule has 1 aliphatic carbocycles. The van der Waals surface area contributed by atoms with Gasteiger partial charge in [-0.2, -0.15) is 0 Å². The van der Waals surface area contributed by atoms with E-state index < -0.39 is 21.7 Å². The molecule has 3 unspecified atom stereocenters. The number of aryl methyl sites for hydroxylation is 2. The van der Waals surface area contributed by atoms with Gasteiger partial charge in [-0.15, -0.1) is 0 Å². The van der Waals surface area contributed by atoms with Crippen molar-refractivity contribution in [1.82, 2.24) is 4.72 Å². The molecule has 0 bridgehead atoms. The van der Waals surface area contributed by atoms with Crippen molar-refractivity contribution in [3.05, 3.63) is 58.9 Å². The molecule has 162 valence electrons. The molecule has 0 saturated heterocycles. The quantitative estimate of drug-likeness (QED) is 0.713. The van der Waals surface area contributed by atoms with Gasteiger partial charge >= 0.3 is 0 Å². The van der Waals surface area contributed by atoms with Crippen LogP contribution in [0.1, 0.15) is 54.6 Å². The minimum Gasteiger partial charge on any atom is -0.322 e. The first-order chi connectivity index (χ1) is 14.1. The van der Waals surface area contributed by atoms with Gasteiger partial charge < -0.3 is 5.32 Å². The third-order valence-corrected chi connectivity index (χ3v) is 7.63. The fraction of sp³-hybridized carbons (Fsp3) is 0.435. The van der Waals surface area contributed by atoms with Crippen molar-refractivity contribution in [2.24, 2.45) is 11.8 Å². The molecule has 2 N–H and O–H groups in total. The monoisotopic (exact) mass is 432 g/mol. The smallest absolute Gasteiger partial charge is 0.258 e. The normalized spacial score (nSPS) is 22.0. The molecule has 30 heavy (non-hydrogen) atoms. The van der Waals surface area contributed by atoms with E-state index in [9.17, 15) is 17.6 Å². The van der Waals surface area contributed by atoms with E-state index in [1.54, 1.807) is 6.07 Å². The summed E-state index contributed by atoms with van der Waals surface area (Å²) in [5, 5.41) is 2.69. The number of carbonyl (C=O) groups excluding carboxylic acids is 1. The Balaban J connectivity index is 1.85. The molecule has 0 aromatic heterocycles. The Bertz CT molecular complexity index is 1050. The SMILES string of the molecule is Cc1ccc(C)c(NC(=O)c2cc(S(=O)(=O)NC3CCCC(C)C3C)ccc2F)c1. The van der Waals surface area contributed by atoms with Crippen molar-refractivity contribution in [2.45, 2.75) is 57.9 Å². The molecule has 0 radical (unpaired) electrons. The molecular weight excluding hydrogens is 403 g/mol. The summed E-state index contributed by atoms with van der Waals surface area (Å²) < 4.78 is 43.0. The molecule has 2 aromatic carbocycles. The maximum atomic E-state index is 14.4. The van der Waals surface area contributed by atoms with Crippen molar-refractivity contribution in [2.75, 3.05) is 5.32 Å². The lowest BCUT2D eigenvalue weighted by molar-refractivity contribution is 0.102. The molecule has 3 rings (SSSR count). The number of hydrogen-bond donors (Lipinski definition) is 2. The van der Waals surface area contributed by atoms with E-state index in [1.807, 2.05) is 32.9 Å². The van der Waals surface area contributed by atoms with Gasteiger partial charge in [0.2, 0.25) is 10.0 Å². The van der Waals surface area contributed by atoms with Crippen LogP contribution in [0.15, 0.2) is 41.3 Å². The van der Waals surface area contributed by atoms with Gasteiger partial charge in [0.05, 0.1) is 10.5 Å². The molecule has 1 aliphatic rings. The summed E-state index contributed by atoms with van der Waals surface area (Å²) in [4.78, 5) is 12.6. The zero-order valence-electron chi connectivity index (χ0n) is 17.8. The molecule has 3 atom stereocenters. The number of benzene rings is 2. The highest BCUT2D eigenvalue weighted by Crippen LogP contribution is 2.30. The third kappa shape index (κ3) is 4.90. The highest BCUT2D eigenvalue weighted by molar-refractivity contribution is 7.89. The predicted molar refractivity (Wildman–Crippen MR) is 117 cm³/mol. The summed E-state index contributed by atoms with van der Waals surface area (Å²) in [7, 11) is -3.87. The van der Waals surface area contributed by atoms with Crippen LogP contribution in [-0.4, -0.2) is 20.4 Å². The average molecular weight is 433 g/mol. The zero-order valence-corrected chi connectivity index (χ0v) is 18.6. The number of halogens is 1. The molecule has 2 aromatic rings. The van der Waals surface area contributed by atoms with Crippen LogP contribution in [0.5, 0.6) is 0 Å². The summed E-state index contributed by atoms with van der Waals surface area (Å²) in [6, 6.07) is 8.73.